The van der Waals surface area contributed by atoms with Crippen LogP contribution < -0.4 is 9.62 Å². The van der Waals surface area contributed by atoms with Crippen molar-refractivity contribution in [1.82, 2.24) is 4.98 Å². The molecule has 1 amide bonds. The molecule has 1 aromatic heterocycles. The molecule has 7 nitrogen and oxygen atoms in total. The molecule has 2 heterocycles. The SMILES string of the molecule is Cc1cccc2sc(N(CC3CCCO3)C(=O)c3ccc(NS(=O)(=O)c4ccc(F)cc4)cc3)nc12. The number of benzene rings is 3. The molecule has 0 aliphatic carbocycles. The fraction of sp³-hybridized carbons (Fsp3) is 0.231. The standard InChI is InChI=1S/C26H24FN3O4S2/c1-17-4-2-6-23-24(17)28-26(35-23)30(16-21-5-3-15-34-21)25(31)18-7-11-20(12-8-18)29-36(32,33)22-13-9-19(27)10-14-22/h2,4,6-14,21,29H,3,5,15-16H2,1H3. The predicted molar refractivity (Wildman–Crippen MR) is 139 cm³/mol. The lowest BCUT2D eigenvalue weighted by Crippen LogP contribution is -2.37. The Morgan fingerprint density at radius 1 is 1.14 bits per heavy atom. The fourth-order valence-corrected chi connectivity index (χ4v) is 6.20. The molecule has 5 rings (SSSR count). The summed E-state index contributed by atoms with van der Waals surface area (Å²) in [5.41, 5.74) is 2.59. The predicted octanol–water partition coefficient (Wildman–Crippen LogP) is 5.37. The van der Waals surface area contributed by atoms with Crippen molar-refractivity contribution in [2.75, 3.05) is 22.8 Å². The maximum atomic E-state index is 13.6. The van der Waals surface area contributed by atoms with Gasteiger partial charge in [-0.25, -0.2) is 17.8 Å². The molecule has 0 bridgehead atoms. The van der Waals surface area contributed by atoms with Crippen molar-refractivity contribution in [2.45, 2.75) is 30.8 Å². The molecule has 1 fully saturated rings. The summed E-state index contributed by atoms with van der Waals surface area (Å²) >= 11 is 1.46. The number of ether oxygens (including phenoxy) is 1. The first-order valence-electron chi connectivity index (χ1n) is 11.5. The molecule has 1 aliphatic rings. The number of carbonyl (C=O) groups excluding carboxylic acids is 1. The number of sulfonamides is 1. The van der Waals surface area contributed by atoms with Gasteiger partial charge in [-0.1, -0.05) is 23.5 Å². The average Bonchev–Trinajstić information content (AvgIpc) is 3.53. The number of anilines is 2. The van der Waals surface area contributed by atoms with Gasteiger partial charge in [-0.05, 0) is 79.9 Å². The molecule has 0 saturated carbocycles. The molecule has 4 aromatic rings. The van der Waals surface area contributed by atoms with Gasteiger partial charge in [0.1, 0.15) is 5.82 Å². The lowest BCUT2D eigenvalue weighted by atomic mass is 10.1. The van der Waals surface area contributed by atoms with E-state index in [1.807, 2.05) is 25.1 Å². The van der Waals surface area contributed by atoms with Crippen molar-refractivity contribution in [1.29, 1.82) is 0 Å². The second-order valence-corrected chi connectivity index (χ2v) is 11.3. The average molecular weight is 526 g/mol. The minimum Gasteiger partial charge on any atom is -0.376 e. The normalized spacial score (nSPS) is 15.8. The quantitative estimate of drug-likeness (QED) is 0.350. The summed E-state index contributed by atoms with van der Waals surface area (Å²) in [5, 5.41) is 0.598. The Hall–Kier alpha value is -3.34. The van der Waals surface area contributed by atoms with Gasteiger partial charge in [-0.2, -0.15) is 0 Å². The third-order valence-electron chi connectivity index (χ3n) is 6.00. The molecule has 3 aromatic carbocycles. The van der Waals surface area contributed by atoms with Crippen LogP contribution in [0.2, 0.25) is 0 Å². The van der Waals surface area contributed by atoms with E-state index in [2.05, 4.69) is 4.72 Å². The number of nitrogens with one attached hydrogen (secondary N) is 1. The molecular weight excluding hydrogens is 501 g/mol. The molecule has 1 saturated heterocycles. The van der Waals surface area contributed by atoms with E-state index in [0.717, 1.165) is 40.8 Å². The van der Waals surface area contributed by atoms with Gasteiger partial charge in [0, 0.05) is 17.9 Å². The molecule has 1 atom stereocenters. The van der Waals surface area contributed by atoms with E-state index >= 15 is 0 Å². The number of aromatic nitrogens is 1. The van der Waals surface area contributed by atoms with Crippen LogP contribution in [0.25, 0.3) is 10.2 Å². The van der Waals surface area contributed by atoms with E-state index in [0.29, 0.717) is 23.8 Å². The molecule has 0 spiro atoms. The molecule has 10 heteroatoms. The molecule has 186 valence electrons. The number of thiazole rings is 1. The Morgan fingerprint density at radius 3 is 2.56 bits per heavy atom. The maximum absolute atomic E-state index is 13.6. The Morgan fingerprint density at radius 2 is 1.89 bits per heavy atom. The summed E-state index contributed by atoms with van der Waals surface area (Å²) in [4.78, 5) is 20.0. The Bertz CT molecular complexity index is 1500. The zero-order valence-corrected chi connectivity index (χ0v) is 21.1. The number of carbonyl (C=O) groups is 1. The van der Waals surface area contributed by atoms with Gasteiger partial charge in [0.25, 0.3) is 15.9 Å². The van der Waals surface area contributed by atoms with Crippen molar-refractivity contribution < 1.29 is 22.3 Å². The number of hydrogen-bond acceptors (Lipinski definition) is 6. The Kier molecular flexibility index (Phi) is 6.74. The van der Waals surface area contributed by atoms with Crippen LogP contribution in [0.1, 0.15) is 28.8 Å². The van der Waals surface area contributed by atoms with Crippen LogP contribution in [-0.2, 0) is 14.8 Å². The van der Waals surface area contributed by atoms with Crippen molar-refractivity contribution in [3.8, 4) is 0 Å². The maximum Gasteiger partial charge on any atom is 0.261 e. The number of aryl methyl sites for hydroxylation is 1. The van der Waals surface area contributed by atoms with Crippen molar-refractivity contribution in [3.05, 3.63) is 83.7 Å². The van der Waals surface area contributed by atoms with E-state index in [1.165, 1.54) is 35.6 Å². The third kappa shape index (κ3) is 5.11. The number of para-hydroxylation sites is 1. The van der Waals surface area contributed by atoms with Gasteiger partial charge in [-0.15, -0.1) is 0 Å². The molecule has 1 N–H and O–H groups in total. The summed E-state index contributed by atoms with van der Waals surface area (Å²) in [7, 11) is -3.89. The van der Waals surface area contributed by atoms with E-state index in [4.69, 9.17) is 9.72 Å². The minimum absolute atomic E-state index is 0.0575. The van der Waals surface area contributed by atoms with E-state index in [1.54, 1.807) is 17.0 Å². The summed E-state index contributed by atoms with van der Waals surface area (Å²) in [6.07, 6.45) is 1.76. The first kappa shape index (κ1) is 24.4. The van der Waals surface area contributed by atoms with E-state index in [-0.39, 0.29) is 22.6 Å². The fourth-order valence-electron chi connectivity index (χ4n) is 4.09. The van der Waals surface area contributed by atoms with Crippen LogP contribution in [0.5, 0.6) is 0 Å². The molecule has 1 aliphatic heterocycles. The summed E-state index contributed by atoms with van der Waals surface area (Å²) in [6, 6.07) is 16.7. The molecule has 0 radical (unpaired) electrons. The third-order valence-corrected chi connectivity index (χ3v) is 8.44. The van der Waals surface area contributed by atoms with E-state index < -0.39 is 15.8 Å². The van der Waals surface area contributed by atoms with Crippen LogP contribution >= 0.6 is 11.3 Å². The number of halogens is 1. The second-order valence-electron chi connectivity index (χ2n) is 8.61. The zero-order valence-electron chi connectivity index (χ0n) is 19.5. The summed E-state index contributed by atoms with van der Waals surface area (Å²) in [6.45, 7) is 3.05. The number of nitrogens with zero attached hydrogens (tertiary/aromatic N) is 2. The molecular formula is C26H24FN3O4S2. The Balaban J connectivity index is 1.40. The largest absolute Gasteiger partial charge is 0.376 e. The van der Waals surface area contributed by atoms with Gasteiger partial charge in [0.05, 0.1) is 27.8 Å². The van der Waals surface area contributed by atoms with Gasteiger partial charge in [0.15, 0.2) is 5.13 Å². The molecule has 36 heavy (non-hydrogen) atoms. The highest BCUT2D eigenvalue weighted by molar-refractivity contribution is 7.92. The summed E-state index contributed by atoms with van der Waals surface area (Å²) < 4.78 is 47.6. The van der Waals surface area contributed by atoms with E-state index in [9.17, 15) is 17.6 Å². The van der Waals surface area contributed by atoms with Crippen LogP contribution in [0.15, 0.2) is 71.6 Å². The highest BCUT2D eigenvalue weighted by Gasteiger charge is 2.27. The lowest BCUT2D eigenvalue weighted by molar-refractivity contribution is 0.0917. The number of rotatable bonds is 7. The van der Waals surface area contributed by atoms with Crippen LogP contribution in [0, 0.1) is 12.7 Å². The first-order chi connectivity index (χ1) is 17.3. The number of hydrogen-bond donors (Lipinski definition) is 1. The van der Waals surface area contributed by atoms with Gasteiger partial charge in [-0.3, -0.25) is 14.4 Å². The van der Waals surface area contributed by atoms with Gasteiger partial charge >= 0.3 is 0 Å². The smallest absolute Gasteiger partial charge is 0.261 e. The van der Waals surface area contributed by atoms with Gasteiger partial charge < -0.3 is 4.74 Å². The van der Waals surface area contributed by atoms with Crippen LogP contribution in [-0.4, -0.2) is 38.6 Å². The highest BCUT2D eigenvalue weighted by atomic mass is 32.2. The minimum atomic E-state index is -3.89. The monoisotopic (exact) mass is 525 g/mol. The lowest BCUT2D eigenvalue weighted by Gasteiger charge is -2.23. The number of fused-ring (bicyclic) bond motifs is 1. The summed E-state index contributed by atoms with van der Waals surface area (Å²) in [5.74, 6) is -0.761. The Labute approximate surface area is 212 Å². The topological polar surface area (TPSA) is 88.6 Å². The van der Waals surface area contributed by atoms with Crippen molar-refractivity contribution in [2.24, 2.45) is 0 Å². The molecule has 1 unspecified atom stereocenters. The highest BCUT2D eigenvalue weighted by Crippen LogP contribution is 2.32. The van der Waals surface area contributed by atoms with Crippen molar-refractivity contribution in [3.63, 3.8) is 0 Å². The first-order valence-corrected chi connectivity index (χ1v) is 13.8. The zero-order chi connectivity index (χ0) is 25.3. The number of amides is 1. The second kappa shape index (κ2) is 9.96. The van der Waals surface area contributed by atoms with Crippen LogP contribution in [0.3, 0.4) is 0 Å². The van der Waals surface area contributed by atoms with Crippen LogP contribution in [0.4, 0.5) is 15.2 Å². The van der Waals surface area contributed by atoms with Crippen molar-refractivity contribution >= 4 is 48.3 Å². The van der Waals surface area contributed by atoms with Gasteiger partial charge in [0.2, 0.25) is 0 Å².